The van der Waals surface area contributed by atoms with E-state index in [0.29, 0.717) is 17.1 Å². The van der Waals surface area contributed by atoms with Crippen LogP contribution in [0.5, 0.6) is 0 Å². The van der Waals surface area contributed by atoms with Gasteiger partial charge in [-0.05, 0) is 68.9 Å². The molecule has 0 radical (unpaired) electrons. The Balaban J connectivity index is 1.47. The van der Waals surface area contributed by atoms with Gasteiger partial charge in [0.1, 0.15) is 0 Å². The molecule has 2 amide bonds. The second-order valence-electron chi connectivity index (χ2n) is 8.70. The third kappa shape index (κ3) is 7.64. The molecule has 1 aliphatic rings. The van der Waals surface area contributed by atoms with E-state index in [1.54, 1.807) is 24.3 Å². The van der Waals surface area contributed by atoms with Crippen LogP contribution in [0.15, 0.2) is 54.6 Å². The van der Waals surface area contributed by atoms with Crippen LogP contribution in [-0.4, -0.2) is 42.9 Å². The smallest absolute Gasteiger partial charge is 0.253 e. The van der Waals surface area contributed by atoms with Crippen LogP contribution in [0.4, 0.5) is 0 Å². The van der Waals surface area contributed by atoms with Crippen LogP contribution in [0.3, 0.4) is 0 Å². The van der Waals surface area contributed by atoms with E-state index in [2.05, 4.69) is 22.5 Å². The van der Waals surface area contributed by atoms with E-state index in [9.17, 15) is 9.59 Å². The third-order valence-corrected chi connectivity index (χ3v) is 6.44. The van der Waals surface area contributed by atoms with Crippen molar-refractivity contribution in [3.05, 3.63) is 70.7 Å². The molecule has 32 heavy (non-hydrogen) atoms. The molecule has 0 saturated carbocycles. The van der Waals surface area contributed by atoms with Crippen molar-refractivity contribution in [1.82, 2.24) is 15.5 Å². The number of hydrogen-bond donors (Lipinski definition) is 2. The van der Waals surface area contributed by atoms with Crippen LogP contribution < -0.4 is 10.6 Å². The SMILES string of the molecule is CC1CCN(CCCCNC(=O)CC(NC(=O)c2ccccc2Cl)c2ccccc2)CC1. The Bertz CT molecular complexity index is 866. The number of benzene rings is 2. The van der Waals surface area contributed by atoms with Gasteiger partial charge < -0.3 is 15.5 Å². The molecule has 0 aliphatic carbocycles. The van der Waals surface area contributed by atoms with Gasteiger partial charge in [-0.25, -0.2) is 0 Å². The summed E-state index contributed by atoms with van der Waals surface area (Å²) in [5.74, 6) is 0.500. The van der Waals surface area contributed by atoms with Crippen LogP contribution in [0.2, 0.25) is 5.02 Å². The van der Waals surface area contributed by atoms with E-state index < -0.39 is 6.04 Å². The molecule has 2 N–H and O–H groups in total. The van der Waals surface area contributed by atoms with Gasteiger partial charge in [-0.3, -0.25) is 9.59 Å². The fourth-order valence-corrected chi connectivity index (χ4v) is 4.27. The molecule has 0 aromatic heterocycles. The second-order valence-corrected chi connectivity index (χ2v) is 9.11. The molecule has 1 aliphatic heterocycles. The first-order chi connectivity index (χ1) is 15.5. The standard InChI is InChI=1S/C26H34ClN3O2/c1-20-13-17-30(18-14-20)16-8-7-15-28-25(31)19-24(21-9-3-2-4-10-21)29-26(32)22-11-5-6-12-23(22)27/h2-6,9-12,20,24H,7-8,13-19H2,1H3,(H,28,31)(H,29,32). The predicted molar refractivity (Wildman–Crippen MR) is 130 cm³/mol. The van der Waals surface area contributed by atoms with E-state index in [1.165, 1.54) is 25.9 Å². The highest BCUT2D eigenvalue weighted by atomic mass is 35.5. The molecule has 1 fully saturated rings. The lowest BCUT2D eigenvalue weighted by Gasteiger charge is -2.30. The van der Waals surface area contributed by atoms with Gasteiger partial charge in [0.2, 0.25) is 5.91 Å². The van der Waals surface area contributed by atoms with Gasteiger partial charge in [0.15, 0.2) is 0 Å². The molecule has 6 heteroatoms. The number of halogens is 1. The predicted octanol–water partition coefficient (Wildman–Crippen LogP) is 4.83. The molecule has 5 nitrogen and oxygen atoms in total. The number of nitrogens with zero attached hydrogens (tertiary/aromatic N) is 1. The Hall–Kier alpha value is -2.37. The van der Waals surface area contributed by atoms with Crippen molar-refractivity contribution in [2.45, 2.75) is 45.1 Å². The minimum atomic E-state index is -0.421. The van der Waals surface area contributed by atoms with Crippen molar-refractivity contribution in [2.75, 3.05) is 26.2 Å². The van der Waals surface area contributed by atoms with Crippen molar-refractivity contribution in [2.24, 2.45) is 5.92 Å². The van der Waals surface area contributed by atoms with Gasteiger partial charge in [-0.15, -0.1) is 0 Å². The first-order valence-electron chi connectivity index (χ1n) is 11.6. The van der Waals surface area contributed by atoms with Gasteiger partial charge in [-0.1, -0.05) is 61.0 Å². The Morgan fingerprint density at radius 2 is 1.72 bits per heavy atom. The fraction of sp³-hybridized carbons (Fsp3) is 0.462. The zero-order valence-electron chi connectivity index (χ0n) is 18.9. The minimum Gasteiger partial charge on any atom is -0.356 e. The maximum atomic E-state index is 12.8. The number of carbonyl (C=O) groups is 2. The topological polar surface area (TPSA) is 61.4 Å². The number of piperidine rings is 1. The van der Waals surface area contributed by atoms with Crippen LogP contribution in [-0.2, 0) is 4.79 Å². The molecule has 3 rings (SSSR count). The van der Waals surface area contributed by atoms with Crippen molar-refractivity contribution in [3.8, 4) is 0 Å². The quantitative estimate of drug-likeness (QED) is 0.504. The molecule has 0 spiro atoms. The first kappa shape index (κ1) is 24.3. The molecule has 1 atom stereocenters. The van der Waals surface area contributed by atoms with Gasteiger partial charge in [0.25, 0.3) is 5.91 Å². The average Bonchev–Trinajstić information content (AvgIpc) is 2.80. The lowest BCUT2D eigenvalue weighted by Crippen LogP contribution is -2.35. The van der Waals surface area contributed by atoms with Crippen LogP contribution in [0, 0.1) is 5.92 Å². The highest BCUT2D eigenvalue weighted by Gasteiger charge is 2.20. The molecule has 2 aromatic rings. The molecule has 1 unspecified atom stereocenters. The van der Waals surface area contributed by atoms with E-state index in [-0.39, 0.29) is 18.2 Å². The van der Waals surface area contributed by atoms with Gasteiger partial charge in [0, 0.05) is 6.54 Å². The number of rotatable bonds is 10. The minimum absolute atomic E-state index is 0.0647. The largest absolute Gasteiger partial charge is 0.356 e. The molecule has 0 bridgehead atoms. The molecule has 1 saturated heterocycles. The molecule has 1 heterocycles. The second kappa shape index (κ2) is 12.6. The maximum Gasteiger partial charge on any atom is 0.253 e. The van der Waals surface area contributed by atoms with Crippen molar-refractivity contribution in [1.29, 1.82) is 0 Å². The summed E-state index contributed by atoms with van der Waals surface area (Å²) in [6.07, 6.45) is 4.80. The Kier molecular flexibility index (Phi) is 9.57. The average molecular weight is 456 g/mol. The van der Waals surface area contributed by atoms with Crippen LogP contribution in [0.1, 0.15) is 61.0 Å². The highest BCUT2D eigenvalue weighted by Crippen LogP contribution is 2.20. The van der Waals surface area contributed by atoms with Gasteiger partial charge >= 0.3 is 0 Å². The zero-order chi connectivity index (χ0) is 22.8. The summed E-state index contributed by atoms with van der Waals surface area (Å²) >= 11 is 6.17. The summed E-state index contributed by atoms with van der Waals surface area (Å²) in [5, 5.41) is 6.39. The maximum absolute atomic E-state index is 12.8. The summed E-state index contributed by atoms with van der Waals surface area (Å²) in [5.41, 5.74) is 1.30. The first-order valence-corrected chi connectivity index (χ1v) is 12.0. The molecule has 2 aromatic carbocycles. The number of nitrogens with one attached hydrogen (secondary N) is 2. The third-order valence-electron chi connectivity index (χ3n) is 6.11. The van der Waals surface area contributed by atoms with Crippen molar-refractivity contribution < 1.29 is 9.59 Å². The normalized spacial score (nSPS) is 15.8. The van der Waals surface area contributed by atoms with Crippen LogP contribution >= 0.6 is 11.6 Å². The van der Waals surface area contributed by atoms with Crippen molar-refractivity contribution >= 4 is 23.4 Å². The summed E-state index contributed by atoms with van der Waals surface area (Å²) in [4.78, 5) is 27.9. The lowest BCUT2D eigenvalue weighted by molar-refractivity contribution is -0.121. The summed E-state index contributed by atoms with van der Waals surface area (Å²) in [7, 11) is 0. The zero-order valence-corrected chi connectivity index (χ0v) is 19.6. The summed E-state index contributed by atoms with van der Waals surface area (Å²) in [6, 6.07) is 16.1. The molecular weight excluding hydrogens is 422 g/mol. The monoisotopic (exact) mass is 455 g/mol. The molecular formula is C26H34ClN3O2. The Morgan fingerprint density at radius 1 is 1.03 bits per heavy atom. The number of unbranched alkanes of at least 4 members (excludes halogenated alkanes) is 1. The number of carbonyl (C=O) groups excluding carboxylic acids is 2. The Labute approximate surface area is 196 Å². The number of likely N-dealkylation sites (tertiary alicyclic amines) is 1. The molecule has 172 valence electrons. The van der Waals surface area contributed by atoms with Gasteiger partial charge in [0.05, 0.1) is 23.0 Å². The highest BCUT2D eigenvalue weighted by molar-refractivity contribution is 6.33. The van der Waals surface area contributed by atoms with Crippen LogP contribution in [0.25, 0.3) is 0 Å². The Morgan fingerprint density at radius 3 is 2.44 bits per heavy atom. The summed E-state index contributed by atoms with van der Waals surface area (Å²) < 4.78 is 0. The van der Waals surface area contributed by atoms with E-state index >= 15 is 0 Å². The van der Waals surface area contributed by atoms with Gasteiger partial charge in [-0.2, -0.15) is 0 Å². The van der Waals surface area contributed by atoms with E-state index in [4.69, 9.17) is 11.6 Å². The van der Waals surface area contributed by atoms with Crippen molar-refractivity contribution in [3.63, 3.8) is 0 Å². The number of amides is 2. The van der Waals surface area contributed by atoms with E-state index in [1.807, 2.05) is 30.3 Å². The van der Waals surface area contributed by atoms with E-state index in [0.717, 1.165) is 30.9 Å². The fourth-order valence-electron chi connectivity index (χ4n) is 4.05. The number of hydrogen-bond acceptors (Lipinski definition) is 3. The lowest BCUT2D eigenvalue weighted by atomic mass is 9.99. The summed E-state index contributed by atoms with van der Waals surface area (Å²) in [6.45, 7) is 6.47.